The van der Waals surface area contributed by atoms with E-state index < -0.39 is 10.0 Å². The molecule has 3 heterocycles. The highest BCUT2D eigenvalue weighted by molar-refractivity contribution is 14.0. The van der Waals surface area contributed by atoms with Crippen molar-refractivity contribution in [1.82, 2.24) is 14.9 Å². The molecule has 3 unspecified atom stereocenters. The number of nitrogens with zero attached hydrogens (tertiary/aromatic N) is 2. The van der Waals surface area contributed by atoms with E-state index in [0.29, 0.717) is 42.1 Å². The molecule has 2 aliphatic rings. The summed E-state index contributed by atoms with van der Waals surface area (Å²) < 4.78 is 33.0. The van der Waals surface area contributed by atoms with Crippen LogP contribution in [0.4, 0.5) is 0 Å². The van der Waals surface area contributed by atoms with Gasteiger partial charge in [-0.2, -0.15) is 4.31 Å². The van der Waals surface area contributed by atoms with E-state index in [-0.39, 0.29) is 24.0 Å². The first-order chi connectivity index (χ1) is 13.5. The fraction of sp³-hybridized carbons (Fsp3) is 0.737. The Morgan fingerprint density at radius 1 is 1.28 bits per heavy atom. The van der Waals surface area contributed by atoms with E-state index in [9.17, 15) is 8.42 Å². The molecule has 10 heteroatoms. The number of ether oxygens (including phenoxy) is 1. The van der Waals surface area contributed by atoms with Crippen molar-refractivity contribution in [2.24, 2.45) is 4.99 Å². The van der Waals surface area contributed by atoms with Crippen LogP contribution in [-0.2, 0) is 21.2 Å². The lowest BCUT2D eigenvalue weighted by molar-refractivity contribution is 0.0992. The Morgan fingerprint density at radius 2 is 2.03 bits per heavy atom. The van der Waals surface area contributed by atoms with Gasteiger partial charge in [-0.1, -0.05) is 13.8 Å². The fourth-order valence-corrected chi connectivity index (χ4v) is 6.84. The Morgan fingerprint density at radius 3 is 2.62 bits per heavy atom. The maximum absolute atomic E-state index is 12.6. The molecule has 0 aromatic carbocycles. The zero-order valence-corrected chi connectivity index (χ0v) is 21.4. The molecule has 2 aliphatic heterocycles. The van der Waals surface area contributed by atoms with Gasteiger partial charge >= 0.3 is 0 Å². The van der Waals surface area contributed by atoms with Crippen LogP contribution in [-0.4, -0.2) is 63.1 Å². The average molecular weight is 557 g/mol. The molecule has 2 N–H and O–H groups in total. The van der Waals surface area contributed by atoms with Crippen LogP contribution in [0.1, 0.15) is 44.9 Å². The van der Waals surface area contributed by atoms with Crippen LogP contribution in [0.15, 0.2) is 21.3 Å². The molecule has 2 fully saturated rings. The van der Waals surface area contributed by atoms with Gasteiger partial charge in [-0.3, -0.25) is 4.99 Å². The molecule has 0 saturated carbocycles. The number of hydrogen-bond acceptors (Lipinski definition) is 5. The molecule has 1 aromatic heterocycles. The first kappa shape index (κ1) is 24.8. The summed E-state index contributed by atoms with van der Waals surface area (Å²) in [5, 5.41) is 6.81. The van der Waals surface area contributed by atoms with E-state index in [0.717, 1.165) is 36.6 Å². The number of rotatable bonds is 9. The molecule has 2 bridgehead atoms. The first-order valence-corrected chi connectivity index (χ1v) is 12.5. The van der Waals surface area contributed by atoms with E-state index in [4.69, 9.17) is 4.74 Å². The van der Waals surface area contributed by atoms with Gasteiger partial charge in [0.25, 0.3) is 10.0 Å². The molecule has 0 spiro atoms. The average Bonchev–Trinajstić information content (AvgIpc) is 3.39. The predicted octanol–water partition coefficient (Wildman–Crippen LogP) is 2.81. The van der Waals surface area contributed by atoms with Gasteiger partial charge in [-0.15, -0.1) is 35.3 Å². The number of hydrogen-bond donors (Lipinski definition) is 2. The number of halogens is 1. The predicted molar refractivity (Wildman–Crippen MR) is 129 cm³/mol. The highest BCUT2D eigenvalue weighted by atomic mass is 127. The second-order valence-corrected chi connectivity index (χ2v) is 10.5. The number of thiophene rings is 1. The summed E-state index contributed by atoms with van der Waals surface area (Å²) in [7, 11) is -3.37. The Bertz CT molecular complexity index is 780. The maximum Gasteiger partial charge on any atom is 0.252 e. The standard InChI is InChI=1S/C19H32N4O3S2.HI/c1-4-20-19(22-16-13-14-7-9-17(16)26-14)21-12-11-15-8-10-18(27-15)28(24,25)23(5-2)6-3;/h8,10,14,16-17H,4-7,9,11-13H2,1-3H3,(H2,20,21,22);1H. The van der Waals surface area contributed by atoms with E-state index in [1.165, 1.54) is 22.1 Å². The lowest BCUT2D eigenvalue weighted by atomic mass is 9.96. The van der Waals surface area contributed by atoms with Crippen LogP contribution in [0.2, 0.25) is 0 Å². The van der Waals surface area contributed by atoms with Crippen molar-refractivity contribution in [3.8, 4) is 0 Å². The molecule has 1 aromatic rings. The normalized spacial score (nSPS) is 24.0. The second kappa shape index (κ2) is 11.3. The van der Waals surface area contributed by atoms with Crippen molar-refractivity contribution in [2.45, 2.75) is 68.9 Å². The van der Waals surface area contributed by atoms with Crippen molar-refractivity contribution in [2.75, 3.05) is 26.2 Å². The van der Waals surface area contributed by atoms with Gasteiger partial charge in [-0.25, -0.2) is 8.42 Å². The molecule has 29 heavy (non-hydrogen) atoms. The quantitative estimate of drug-likeness (QED) is 0.278. The third kappa shape index (κ3) is 6.05. The Labute approximate surface area is 195 Å². The number of nitrogens with one attached hydrogen (secondary N) is 2. The van der Waals surface area contributed by atoms with Gasteiger partial charge in [0.15, 0.2) is 5.96 Å². The van der Waals surface area contributed by atoms with Gasteiger partial charge < -0.3 is 15.4 Å². The highest BCUT2D eigenvalue weighted by Crippen LogP contribution is 2.34. The van der Waals surface area contributed by atoms with E-state index >= 15 is 0 Å². The molecular weight excluding hydrogens is 523 g/mol. The van der Waals surface area contributed by atoms with Crippen molar-refractivity contribution < 1.29 is 13.2 Å². The molecular formula is C19H33IN4O3S2. The van der Waals surface area contributed by atoms with E-state index in [2.05, 4.69) is 22.5 Å². The van der Waals surface area contributed by atoms with Crippen LogP contribution < -0.4 is 10.6 Å². The third-order valence-corrected chi connectivity index (χ3v) is 9.00. The van der Waals surface area contributed by atoms with Crippen molar-refractivity contribution in [3.63, 3.8) is 0 Å². The molecule has 0 radical (unpaired) electrons. The Balaban J connectivity index is 0.00000300. The molecule has 2 saturated heterocycles. The molecule has 3 rings (SSSR count). The van der Waals surface area contributed by atoms with Gasteiger partial charge in [0.1, 0.15) is 4.21 Å². The summed E-state index contributed by atoms with van der Waals surface area (Å²) in [6.45, 7) is 8.17. The van der Waals surface area contributed by atoms with Gasteiger partial charge in [-0.05, 0) is 38.3 Å². The van der Waals surface area contributed by atoms with Crippen molar-refractivity contribution in [1.29, 1.82) is 0 Å². The van der Waals surface area contributed by atoms with Crippen molar-refractivity contribution >= 4 is 51.3 Å². The number of aliphatic imine (C=N–C) groups is 1. The third-order valence-electron chi connectivity index (χ3n) is 5.34. The lowest BCUT2D eigenvalue weighted by Crippen LogP contribution is -2.47. The molecule has 0 amide bonds. The summed E-state index contributed by atoms with van der Waals surface area (Å²) in [6.07, 6.45) is 4.78. The summed E-state index contributed by atoms with van der Waals surface area (Å²) in [6, 6.07) is 3.96. The van der Waals surface area contributed by atoms with E-state index in [1.807, 2.05) is 19.9 Å². The summed E-state index contributed by atoms with van der Waals surface area (Å²) >= 11 is 1.35. The van der Waals surface area contributed by atoms with Gasteiger partial charge in [0.2, 0.25) is 0 Å². The fourth-order valence-electron chi connectivity index (χ4n) is 3.89. The van der Waals surface area contributed by atoms with Crippen LogP contribution in [0, 0.1) is 0 Å². The minimum Gasteiger partial charge on any atom is -0.373 e. The van der Waals surface area contributed by atoms with Gasteiger partial charge in [0, 0.05) is 37.5 Å². The largest absolute Gasteiger partial charge is 0.373 e. The van der Waals surface area contributed by atoms with Crippen LogP contribution >= 0.6 is 35.3 Å². The Hall–Kier alpha value is -0.430. The number of fused-ring (bicyclic) bond motifs is 2. The maximum atomic E-state index is 12.6. The van der Waals surface area contributed by atoms with Crippen molar-refractivity contribution in [3.05, 3.63) is 17.0 Å². The molecule has 7 nitrogen and oxygen atoms in total. The van der Waals surface area contributed by atoms with Crippen LogP contribution in [0.5, 0.6) is 0 Å². The SMILES string of the molecule is CCNC(=NCCc1ccc(S(=O)(=O)N(CC)CC)s1)NC1CC2CCC1O2.I. The van der Waals surface area contributed by atoms with Crippen LogP contribution in [0.25, 0.3) is 0 Å². The van der Waals surface area contributed by atoms with E-state index in [1.54, 1.807) is 6.07 Å². The zero-order valence-electron chi connectivity index (χ0n) is 17.4. The zero-order chi connectivity index (χ0) is 20.1. The molecule has 166 valence electrons. The smallest absolute Gasteiger partial charge is 0.252 e. The monoisotopic (exact) mass is 556 g/mol. The first-order valence-electron chi connectivity index (χ1n) is 10.3. The van der Waals surface area contributed by atoms with Crippen LogP contribution in [0.3, 0.4) is 0 Å². The number of sulfonamides is 1. The topological polar surface area (TPSA) is 83.0 Å². The lowest BCUT2D eigenvalue weighted by Gasteiger charge is -2.22. The molecule has 0 aliphatic carbocycles. The minimum absolute atomic E-state index is 0. The summed E-state index contributed by atoms with van der Waals surface area (Å²) in [5.41, 5.74) is 0. The summed E-state index contributed by atoms with van der Waals surface area (Å²) in [4.78, 5) is 5.72. The summed E-state index contributed by atoms with van der Waals surface area (Å²) in [5.74, 6) is 0.816. The Kier molecular flexibility index (Phi) is 9.65. The van der Waals surface area contributed by atoms with Gasteiger partial charge in [0.05, 0.1) is 18.2 Å². The highest BCUT2D eigenvalue weighted by Gasteiger charge is 2.41. The second-order valence-electron chi connectivity index (χ2n) is 7.18. The minimum atomic E-state index is -3.37. The molecule has 3 atom stereocenters. The number of guanidine groups is 1.